The topological polar surface area (TPSA) is 35.5 Å². The van der Waals surface area contributed by atoms with Crippen molar-refractivity contribution in [3.8, 4) is 0 Å². The minimum atomic E-state index is -0.177. The molecule has 1 rings (SSSR count). The first-order valence-corrected chi connectivity index (χ1v) is 4.40. The number of carbonyl (C=O) groups excluding carboxylic acids is 1. The predicted octanol–water partition coefficient (Wildman–Crippen LogP) is 1.22. The van der Waals surface area contributed by atoms with Crippen LogP contribution in [-0.2, 0) is 14.3 Å². The minimum Gasteiger partial charge on any atom is -0.353 e. The van der Waals surface area contributed by atoms with Gasteiger partial charge in [0.2, 0.25) is 0 Å². The Kier molecular flexibility index (Phi) is 3.23. The van der Waals surface area contributed by atoms with Crippen LogP contribution in [0.5, 0.6) is 0 Å². The van der Waals surface area contributed by atoms with Crippen LogP contribution < -0.4 is 0 Å². The molecule has 1 saturated heterocycles. The van der Waals surface area contributed by atoms with Crippen molar-refractivity contribution in [1.29, 1.82) is 0 Å². The van der Waals surface area contributed by atoms with E-state index >= 15 is 0 Å². The third-order valence-corrected chi connectivity index (χ3v) is 2.36. The van der Waals surface area contributed by atoms with Crippen LogP contribution in [0.1, 0.15) is 20.8 Å². The molecule has 3 atom stereocenters. The lowest BCUT2D eigenvalue weighted by Gasteiger charge is -2.16. The fourth-order valence-corrected chi connectivity index (χ4v) is 1.54. The maximum Gasteiger partial charge on any atom is 0.160 e. The van der Waals surface area contributed by atoms with E-state index in [0.717, 1.165) is 0 Å². The molecule has 3 nitrogen and oxygen atoms in total. The molecule has 70 valence electrons. The van der Waals surface area contributed by atoms with Gasteiger partial charge in [-0.2, -0.15) is 0 Å². The van der Waals surface area contributed by atoms with Gasteiger partial charge in [0.1, 0.15) is 5.78 Å². The monoisotopic (exact) mass is 172 g/mol. The zero-order chi connectivity index (χ0) is 9.14. The van der Waals surface area contributed by atoms with E-state index in [4.69, 9.17) is 9.47 Å². The molecule has 0 aromatic rings. The van der Waals surface area contributed by atoms with Gasteiger partial charge in [-0.25, -0.2) is 0 Å². The summed E-state index contributed by atoms with van der Waals surface area (Å²) < 4.78 is 10.7. The van der Waals surface area contributed by atoms with Crippen LogP contribution in [0, 0.1) is 11.8 Å². The van der Waals surface area contributed by atoms with Gasteiger partial charge in [0, 0.05) is 18.4 Å². The third kappa shape index (κ3) is 1.84. The molecule has 0 spiro atoms. The number of ether oxygens (including phenoxy) is 2. The maximum absolute atomic E-state index is 11.1. The second kappa shape index (κ2) is 4.01. The summed E-state index contributed by atoms with van der Waals surface area (Å²) >= 11 is 0. The summed E-state index contributed by atoms with van der Waals surface area (Å²) in [4.78, 5) is 11.1. The van der Waals surface area contributed by atoms with E-state index in [1.54, 1.807) is 6.92 Å². The highest BCUT2D eigenvalue weighted by Crippen LogP contribution is 2.27. The molecule has 0 radical (unpaired) electrons. The molecule has 0 N–H and O–H groups in total. The van der Waals surface area contributed by atoms with E-state index in [-0.39, 0.29) is 23.9 Å². The molecule has 0 aromatic carbocycles. The number of hydrogen-bond acceptors (Lipinski definition) is 3. The second-order valence-corrected chi connectivity index (χ2v) is 3.23. The summed E-state index contributed by atoms with van der Waals surface area (Å²) in [6, 6.07) is 0. The molecular weight excluding hydrogens is 156 g/mol. The van der Waals surface area contributed by atoms with Crippen LogP contribution in [0.4, 0.5) is 0 Å². The lowest BCUT2D eigenvalue weighted by molar-refractivity contribution is -0.126. The van der Waals surface area contributed by atoms with Crippen LogP contribution in [0.3, 0.4) is 0 Å². The van der Waals surface area contributed by atoms with Crippen LogP contribution in [0.2, 0.25) is 0 Å². The Hall–Kier alpha value is -0.410. The van der Waals surface area contributed by atoms with Crippen LogP contribution in [0.25, 0.3) is 0 Å². The van der Waals surface area contributed by atoms with Gasteiger partial charge < -0.3 is 9.47 Å². The van der Waals surface area contributed by atoms with Gasteiger partial charge in [-0.05, 0) is 13.8 Å². The van der Waals surface area contributed by atoms with Crippen molar-refractivity contribution in [2.24, 2.45) is 11.8 Å². The van der Waals surface area contributed by atoms with E-state index in [0.29, 0.717) is 13.2 Å². The van der Waals surface area contributed by atoms with E-state index in [9.17, 15) is 4.79 Å². The van der Waals surface area contributed by atoms with Crippen molar-refractivity contribution in [2.45, 2.75) is 27.1 Å². The largest absolute Gasteiger partial charge is 0.353 e. The number of Topliss-reactive ketones (excluding diaryl/α,β-unsaturated/α-hetero) is 1. The quantitative estimate of drug-likeness (QED) is 0.642. The summed E-state index contributed by atoms with van der Waals surface area (Å²) in [5.74, 6) is 0.425. The van der Waals surface area contributed by atoms with Crippen molar-refractivity contribution < 1.29 is 14.3 Å². The zero-order valence-electron chi connectivity index (χ0n) is 7.87. The molecule has 0 saturated carbocycles. The molecule has 0 amide bonds. The Bertz CT molecular complexity index is 167. The average molecular weight is 172 g/mol. The smallest absolute Gasteiger partial charge is 0.160 e. The maximum atomic E-state index is 11.1. The van der Waals surface area contributed by atoms with E-state index in [2.05, 4.69) is 0 Å². The summed E-state index contributed by atoms with van der Waals surface area (Å²) in [5, 5.41) is 0. The first kappa shape index (κ1) is 9.68. The van der Waals surface area contributed by atoms with E-state index < -0.39 is 0 Å². The number of carbonyl (C=O) groups is 1. The van der Waals surface area contributed by atoms with Crippen molar-refractivity contribution >= 4 is 5.78 Å². The second-order valence-electron chi connectivity index (χ2n) is 3.23. The lowest BCUT2D eigenvalue weighted by atomic mass is 9.93. The van der Waals surface area contributed by atoms with Gasteiger partial charge in [0.15, 0.2) is 6.29 Å². The molecule has 1 heterocycles. The van der Waals surface area contributed by atoms with Gasteiger partial charge in [-0.15, -0.1) is 0 Å². The van der Waals surface area contributed by atoms with Gasteiger partial charge in [0.25, 0.3) is 0 Å². The summed E-state index contributed by atoms with van der Waals surface area (Å²) in [5.41, 5.74) is 0. The summed E-state index contributed by atoms with van der Waals surface area (Å²) in [6.45, 7) is 6.69. The van der Waals surface area contributed by atoms with Crippen molar-refractivity contribution in [1.82, 2.24) is 0 Å². The Balaban J connectivity index is 2.48. The van der Waals surface area contributed by atoms with Crippen LogP contribution in [-0.4, -0.2) is 25.3 Å². The SMILES string of the molecule is CCO[C@H]1OC[C@H](C(C)=O)[C@@H]1C. The van der Waals surface area contributed by atoms with E-state index in [1.807, 2.05) is 13.8 Å². The standard InChI is InChI=1S/C9H16O3/c1-4-11-9-6(2)8(5-12-9)7(3)10/h6,8-9H,4-5H2,1-3H3/t6-,8-,9-/m0/s1. The fourth-order valence-electron chi connectivity index (χ4n) is 1.54. The number of hydrogen-bond donors (Lipinski definition) is 0. The zero-order valence-corrected chi connectivity index (χ0v) is 7.87. The molecule has 0 aromatic heterocycles. The molecule has 0 bridgehead atoms. The Morgan fingerprint density at radius 1 is 1.67 bits per heavy atom. The molecule has 1 aliphatic rings. The fraction of sp³-hybridized carbons (Fsp3) is 0.889. The normalized spacial score (nSPS) is 35.4. The highest BCUT2D eigenvalue weighted by molar-refractivity contribution is 5.79. The van der Waals surface area contributed by atoms with Crippen molar-refractivity contribution in [3.63, 3.8) is 0 Å². The molecule has 0 unspecified atom stereocenters. The first-order valence-electron chi connectivity index (χ1n) is 4.40. The van der Waals surface area contributed by atoms with Crippen LogP contribution in [0.15, 0.2) is 0 Å². The molecule has 0 aliphatic carbocycles. The van der Waals surface area contributed by atoms with Gasteiger partial charge in [0.05, 0.1) is 6.61 Å². The molecular formula is C9H16O3. The molecule has 12 heavy (non-hydrogen) atoms. The summed E-state index contributed by atoms with van der Waals surface area (Å²) in [7, 11) is 0. The average Bonchev–Trinajstić information content (AvgIpc) is 2.34. The summed E-state index contributed by atoms with van der Waals surface area (Å²) in [6.07, 6.45) is -0.177. The lowest BCUT2D eigenvalue weighted by Crippen LogP contribution is -2.23. The van der Waals surface area contributed by atoms with Gasteiger partial charge in [-0.3, -0.25) is 4.79 Å². The highest BCUT2D eigenvalue weighted by atomic mass is 16.7. The van der Waals surface area contributed by atoms with Crippen molar-refractivity contribution in [2.75, 3.05) is 13.2 Å². The number of rotatable bonds is 3. The van der Waals surface area contributed by atoms with Crippen LogP contribution >= 0.6 is 0 Å². The highest BCUT2D eigenvalue weighted by Gasteiger charge is 2.36. The Labute approximate surface area is 73.0 Å². The van der Waals surface area contributed by atoms with E-state index in [1.165, 1.54) is 0 Å². The predicted molar refractivity (Wildman–Crippen MR) is 44.7 cm³/mol. The van der Waals surface area contributed by atoms with Gasteiger partial charge in [-0.1, -0.05) is 6.92 Å². The Morgan fingerprint density at radius 2 is 2.33 bits per heavy atom. The molecule has 3 heteroatoms. The Morgan fingerprint density at radius 3 is 2.75 bits per heavy atom. The first-order chi connectivity index (χ1) is 5.66. The third-order valence-electron chi connectivity index (χ3n) is 2.36. The van der Waals surface area contributed by atoms with Crippen molar-refractivity contribution in [3.05, 3.63) is 0 Å². The molecule has 1 aliphatic heterocycles. The molecule has 1 fully saturated rings. The minimum absolute atomic E-state index is 0.0292. The van der Waals surface area contributed by atoms with Gasteiger partial charge >= 0.3 is 0 Å². The number of ketones is 1.